The first-order valence-electron chi connectivity index (χ1n) is 8.31. The van der Waals surface area contributed by atoms with Gasteiger partial charge < -0.3 is 9.88 Å². The summed E-state index contributed by atoms with van der Waals surface area (Å²) in [5.41, 5.74) is 0.847. The van der Waals surface area contributed by atoms with Crippen LogP contribution in [0.2, 0.25) is 0 Å². The summed E-state index contributed by atoms with van der Waals surface area (Å²) in [5, 5.41) is 10.7. The predicted octanol–water partition coefficient (Wildman–Crippen LogP) is 4.17. The molecule has 1 amide bonds. The predicted molar refractivity (Wildman–Crippen MR) is 94.9 cm³/mol. The van der Waals surface area contributed by atoms with Crippen molar-refractivity contribution in [2.45, 2.75) is 26.1 Å². The lowest BCUT2D eigenvalue weighted by atomic mass is 10.1. The fraction of sp³-hybridized carbons (Fsp3) is 0.211. The average Bonchev–Trinajstić information content (AvgIpc) is 3.10. The number of alkyl halides is 3. The normalized spacial score (nSPS) is 11.4. The molecule has 0 bridgehead atoms. The highest BCUT2D eigenvalue weighted by Crippen LogP contribution is 2.29. The van der Waals surface area contributed by atoms with Gasteiger partial charge in [0.1, 0.15) is 6.33 Å². The summed E-state index contributed by atoms with van der Waals surface area (Å²) in [5.74, 6) is 0.273. The Balaban J connectivity index is 1.73. The number of amides is 1. The Bertz CT molecular complexity index is 950. The zero-order valence-electron chi connectivity index (χ0n) is 14.5. The zero-order chi connectivity index (χ0) is 19.4. The van der Waals surface area contributed by atoms with Gasteiger partial charge in [-0.1, -0.05) is 30.3 Å². The molecule has 1 aromatic heterocycles. The van der Waals surface area contributed by atoms with Gasteiger partial charge in [0, 0.05) is 17.8 Å². The van der Waals surface area contributed by atoms with E-state index in [0.717, 1.165) is 17.7 Å². The summed E-state index contributed by atoms with van der Waals surface area (Å²) >= 11 is 0. The van der Waals surface area contributed by atoms with Crippen molar-refractivity contribution in [3.05, 3.63) is 66.0 Å². The third-order valence-electron chi connectivity index (χ3n) is 3.98. The Morgan fingerprint density at radius 2 is 1.93 bits per heavy atom. The third-order valence-corrected chi connectivity index (χ3v) is 3.98. The Morgan fingerprint density at radius 3 is 2.67 bits per heavy atom. The fourth-order valence-corrected chi connectivity index (χ4v) is 2.69. The summed E-state index contributed by atoms with van der Waals surface area (Å²) in [6.07, 6.45) is -2.97. The lowest BCUT2D eigenvalue weighted by Gasteiger charge is -2.10. The number of nitrogens with one attached hydrogen (secondary N) is 1. The Kier molecular flexibility index (Phi) is 5.25. The van der Waals surface area contributed by atoms with Gasteiger partial charge in [0.15, 0.2) is 5.82 Å². The number of rotatable bonds is 5. The van der Waals surface area contributed by atoms with Crippen LogP contribution in [0.4, 0.5) is 18.9 Å². The molecule has 0 saturated carbocycles. The number of aryl methyl sites for hydroxylation is 1. The largest absolute Gasteiger partial charge is 0.416 e. The van der Waals surface area contributed by atoms with Crippen LogP contribution in [-0.4, -0.2) is 20.7 Å². The number of carbonyl (C=O) groups excluding carboxylic acids is 1. The summed E-state index contributed by atoms with van der Waals surface area (Å²) in [6, 6.07) is 11.8. The number of hydrogen-bond acceptors (Lipinski definition) is 3. The van der Waals surface area contributed by atoms with Gasteiger partial charge in [-0.05, 0) is 30.7 Å². The van der Waals surface area contributed by atoms with Gasteiger partial charge in [-0.15, -0.1) is 10.2 Å². The Morgan fingerprint density at radius 1 is 1.15 bits per heavy atom. The highest BCUT2D eigenvalue weighted by atomic mass is 19.4. The molecule has 3 rings (SSSR count). The zero-order valence-corrected chi connectivity index (χ0v) is 14.5. The van der Waals surface area contributed by atoms with Gasteiger partial charge in [0.2, 0.25) is 5.91 Å². The number of anilines is 1. The summed E-state index contributed by atoms with van der Waals surface area (Å²) in [4.78, 5) is 12.2. The molecular weight excluding hydrogens is 357 g/mol. The van der Waals surface area contributed by atoms with Crippen molar-refractivity contribution in [2.24, 2.45) is 0 Å². The summed E-state index contributed by atoms with van der Waals surface area (Å²) < 4.78 is 40.2. The van der Waals surface area contributed by atoms with Crippen LogP contribution in [0.25, 0.3) is 11.4 Å². The molecule has 0 radical (unpaired) electrons. The number of nitrogens with zero attached hydrogens (tertiary/aromatic N) is 3. The molecule has 0 fully saturated rings. The van der Waals surface area contributed by atoms with Crippen molar-refractivity contribution in [3.63, 3.8) is 0 Å². The minimum atomic E-state index is -4.43. The number of benzene rings is 2. The van der Waals surface area contributed by atoms with Gasteiger partial charge in [-0.25, -0.2) is 0 Å². The molecule has 0 aliphatic heterocycles. The molecule has 8 heteroatoms. The van der Waals surface area contributed by atoms with E-state index in [1.54, 1.807) is 24.5 Å². The number of halogens is 3. The molecular formula is C19H17F3N4O. The number of hydrogen-bond donors (Lipinski definition) is 1. The first-order chi connectivity index (χ1) is 12.9. The van der Waals surface area contributed by atoms with E-state index in [-0.39, 0.29) is 6.42 Å². The molecule has 2 aromatic carbocycles. The average molecular weight is 374 g/mol. The van der Waals surface area contributed by atoms with Crippen molar-refractivity contribution >= 4 is 11.6 Å². The van der Waals surface area contributed by atoms with Crippen LogP contribution in [0.1, 0.15) is 18.1 Å². The molecule has 140 valence electrons. The molecule has 0 unspecified atom stereocenters. The van der Waals surface area contributed by atoms with E-state index in [9.17, 15) is 18.0 Å². The Hall–Kier alpha value is -3.16. The van der Waals surface area contributed by atoms with E-state index in [4.69, 9.17) is 0 Å². The molecule has 0 atom stereocenters. The van der Waals surface area contributed by atoms with Gasteiger partial charge in [0.25, 0.3) is 0 Å². The maximum atomic E-state index is 12.8. The maximum Gasteiger partial charge on any atom is 0.416 e. The van der Waals surface area contributed by atoms with Crippen molar-refractivity contribution in [2.75, 3.05) is 5.32 Å². The molecule has 1 N–H and O–H groups in total. The van der Waals surface area contributed by atoms with E-state index in [0.29, 0.717) is 23.6 Å². The maximum absolute atomic E-state index is 12.8. The van der Waals surface area contributed by atoms with Crippen LogP contribution < -0.4 is 5.32 Å². The molecule has 0 aliphatic rings. The van der Waals surface area contributed by atoms with E-state index >= 15 is 0 Å². The van der Waals surface area contributed by atoms with Crippen molar-refractivity contribution in [3.8, 4) is 11.4 Å². The third kappa shape index (κ3) is 4.52. The quantitative estimate of drug-likeness (QED) is 0.729. The summed E-state index contributed by atoms with van der Waals surface area (Å²) in [6.45, 7) is 2.67. The first kappa shape index (κ1) is 18.6. The van der Waals surface area contributed by atoms with E-state index in [1.807, 2.05) is 17.6 Å². The van der Waals surface area contributed by atoms with Crippen LogP contribution in [0.15, 0.2) is 54.9 Å². The molecule has 27 heavy (non-hydrogen) atoms. The highest BCUT2D eigenvalue weighted by molar-refractivity contribution is 5.92. The van der Waals surface area contributed by atoms with Crippen LogP contribution in [-0.2, 0) is 23.9 Å². The van der Waals surface area contributed by atoms with Gasteiger partial charge in [-0.2, -0.15) is 13.2 Å². The molecule has 1 heterocycles. The van der Waals surface area contributed by atoms with Gasteiger partial charge in [0.05, 0.1) is 12.0 Å². The molecule has 0 spiro atoms. The molecule has 5 nitrogen and oxygen atoms in total. The summed E-state index contributed by atoms with van der Waals surface area (Å²) in [7, 11) is 0. The van der Waals surface area contributed by atoms with Crippen molar-refractivity contribution < 1.29 is 18.0 Å². The highest BCUT2D eigenvalue weighted by Gasteiger charge is 2.30. The first-order valence-corrected chi connectivity index (χ1v) is 8.31. The van der Waals surface area contributed by atoms with E-state index in [1.165, 1.54) is 12.1 Å². The SMILES string of the molecule is CCn1cnnc1-c1cccc(NC(=O)Cc2cccc(C(F)(F)F)c2)c1. The minimum Gasteiger partial charge on any atom is -0.326 e. The monoisotopic (exact) mass is 374 g/mol. The lowest BCUT2D eigenvalue weighted by molar-refractivity contribution is -0.137. The van der Waals surface area contributed by atoms with Crippen LogP contribution in [0, 0.1) is 0 Å². The van der Waals surface area contributed by atoms with Crippen molar-refractivity contribution in [1.82, 2.24) is 14.8 Å². The number of aromatic nitrogens is 3. The fourth-order valence-electron chi connectivity index (χ4n) is 2.69. The second-order valence-electron chi connectivity index (χ2n) is 5.94. The van der Waals surface area contributed by atoms with Crippen LogP contribution >= 0.6 is 0 Å². The van der Waals surface area contributed by atoms with Crippen molar-refractivity contribution in [1.29, 1.82) is 0 Å². The number of carbonyl (C=O) groups is 1. The molecule has 0 aliphatic carbocycles. The van der Waals surface area contributed by atoms with E-state index < -0.39 is 17.6 Å². The van der Waals surface area contributed by atoms with E-state index in [2.05, 4.69) is 15.5 Å². The standard InChI is InChI=1S/C19H17F3N4O/c1-2-26-12-23-25-18(26)14-6-4-8-16(11-14)24-17(27)10-13-5-3-7-15(9-13)19(20,21)22/h3-9,11-12H,2,10H2,1H3,(H,24,27). The van der Waals surface area contributed by atoms with Gasteiger partial charge >= 0.3 is 6.18 Å². The second-order valence-corrected chi connectivity index (χ2v) is 5.94. The topological polar surface area (TPSA) is 59.8 Å². The van der Waals surface area contributed by atoms with Crippen LogP contribution in [0.5, 0.6) is 0 Å². The smallest absolute Gasteiger partial charge is 0.326 e. The Labute approximate surface area is 153 Å². The molecule has 3 aromatic rings. The van der Waals surface area contributed by atoms with Gasteiger partial charge in [-0.3, -0.25) is 4.79 Å². The second kappa shape index (κ2) is 7.61. The minimum absolute atomic E-state index is 0.153. The lowest BCUT2D eigenvalue weighted by Crippen LogP contribution is -2.15. The van der Waals surface area contributed by atoms with Crippen LogP contribution in [0.3, 0.4) is 0 Å². The molecule has 0 saturated heterocycles.